The highest BCUT2D eigenvalue weighted by molar-refractivity contribution is 7.89. The molecule has 11 heteroatoms. The lowest BCUT2D eigenvalue weighted by Crippen LogP contribution is -2.30. The van der Waals surface area contributed by atoms with E-state index in [4.69, 9.17) is 0 Å². The van der Waals surface area contributed by atoms with Crippen LogP contribution in [-0.2, 0) is 23.6 Å². The molecule has 1 unspecified atom stereocenters. The van der Waals surface area contributed by atoms with Crippen LogP contribution in [0.15, 0.2) is 24.8 Å². The zero-order valence-corrected chi connectivity index (χ0v) is 16.1. The Kier molecular flexibility index (Phi) is 5.66. The van der Waals surface area contributed by atoms with Gasteiger partial charge in [-0.3, -0.25) is 4.68 Å². The Morgan fingerprint density at radius 3 is 2.79 bits per heavy atom. The largest absolute Gasteiger partial charge is 0.321 e. The number of sulfonamides is 1. The van der Waals surface area contributed by atoms with Gasteiger partial charge in [-0.05, 0) is 19.3 Å². The number of fused-ring (bicyclic) bond motifs is 1. The molecule has 0 aliphatic carbocycles. The van der Waals surface area contributed by atoms with Crippen LogP contribution in [0.1, 0.15) is 20.8 Å². The normalized spacial score (nSPS) is 17.7. The van der Waals surface area contributed by atoms with Crippen molar-refractivity contribution in [2.75, 3.05) is 24.2 Å². The molecule has 4 heterocycles. The summed E-state index contributed by atoms with van der Waals surface area (Å²) in [6.45, 7) is 3.41. The Balaban J connectivity index is 0.00000225. The SMILES string of the molecule is C.CCS(=O)(=O)N1CCC(Cn2ncc3cnc(Nc4cnn(C)c4)nc32)C1. The molecule has 0 amide bonds. The number of aryl methyl sites for hydroxylation is 1. The first-order valence-corrected chi connectivity index (χ1v) is 10.5. The minimum atomic E-state index is -3.13. The fourth-order valence-electron chi connectivity index (χ4n) is 3.30. The fourth-order valence-corrected chi connectivity index (χ4v) is 4.49. The predicted octanol–water partition coefficient (Wildman–Crippen LogP) is 1.61. The third kappa shape index (κ3) is 3.99. The molecule has 10 nitrogen and oxygen atoms in total. The first-order valence-electron chi connectivity index (χ1n) is 8.86. The molecule has 28 heavy (non-hydrogen) atoms. The van der Waals surface area contributed by atoms with Crippen LogP contribution in [0.25, 0.3) is 11.0 Å². The summed E-state index contributed by atoms with van der Waals surface area (Å²) in [7, 11) is -1.29. The highest BCUT2D eigenvalue weighted by atomic mass is 32.2. The van der Waals surface area contributed by atoms with Crippen molar-refractivity contribution < 1.29 is 8.42 Å². The molecule has 0 aromatic carbocycles. The molecule has 0 bridgehead atoms. The van der Waals surface area contributed by atoms with E-state index in [9.17, 15) is 8.42 Å². The fraction of sp³-hybridized carbons (Fsp3) is 0.529. The quantitative estimate of drug-likeness (QED) is 0.662. The number of hydrogen-bond acceptors (Lipinski definition) is 7. The second-order valence-electron chi connectivity index (χ2n) is 6.74. The lowest BCUT2D eigenvalue weighted by Gasteiger charge is -2.15. The number of hydrogen-bond donors (Lipinski definition) is 1. The highest BCUT2D eigenvalue weighted by Gasteiger charge is 2.30. The van der Waals surface area contributed by atoms with Crippen molar-refractivity contribution in [3.63, 3.8) is 0 Å². The van der Waals surface area contributed by atoms with Gasteiger partial charge in [-0.2, -0.15) is 15.2 Å². The first-order chi connectivity index (χ1) is 12.9. The minimum absolute atomic E-state index is 0. The molecule has 1 fully saturated rings. The van der Waals surface area contributed by atoms with Crippen LogP contribution in [0.5, 0.6) is 0 Å². The van der Waals surface area contributed by atoms with Gasteiger partial charge in [-0.1, -0.05) is 7.43 Å². The average molecular weight is 407 g/mol. The Morgan fingerprint density at radius 1 is 1.25 bits per heavy atom. The van der Waals surface area contributed by atoms with Crippen LogP contribution in [0, 0.1) is 5.92 Å². The van der Waals surface area contributed by atoms with Gasteiger partial charge < -0.3 is 5.32 Å². The maximum absolute atomic E-state index is 12.0. The molecule has 1 saturated heterocycles. The zero-order valence-electron chi connectivity index (χ0n) is 15.3. The summed E-state index contributed by atoms with van der Waals surface area (Å²) in [5.74, 6) is 0.832. The van der Waals surface area contributed by atoms with Gasteiger partial charge in [0.05, 0.1) is 29.2 Å². The number of nitrogens with one attached hydrogen (secondary N) is 1. The van der Waals surface area contributed by atoms with Gasteiger partial charge in [0.25, 0.3) is 0 Å². The van der Waals surface area contributed by atoms with Gasteiger partial charge in [0.15, 0.2) is 5.65 Å². The van der Waals surface area contributed by atoms with E-state index in [1.165, 1.54) is 0 Å². The highest BCUT2D eigenvalue weighted by Crippen LogP contribution is 2.23. The molecule has 1 atom stereocenters. The number of nitrogens with zero attached hydrogens (tertiary/aromatic N) is 7. The molecular formula is C17H26N8O2S. The van der Waals surface area contributed by atoms with Crippen molar-refractivity contribution in [2.24, 2.45) is 13.0 Å². The third-order valence-electron chi connectivity index (χ3n) is 4.78. The van der Waals surface area contributed by atoms with Crippen molar-refractivity contribution in [1.29, 1.82) is 0 Å². The van der Waals surface area contributed by atoms with E-state index >= 15 is 0 Å². The van der Waals surface area contributed by atoms with E-state index in [0.717, 1.165) is 23.1 Å². The monoisotopic (exact) mass is 406 g/mol. The smallest absolute Gasteiger partial charge is 0.229 e. The number of aromatic nitrogens is 6. The summed E-state index contributed by atoms with van der Waals surface area (Å²) < 4.78 is 29.2. The number of anilines is 2. The molecule has 0 spiro atoms. The van der Waals surface area contributed by atoms with Gasteiger partial charge in [0.2, 0.25) is 16.0 Å². The molecule has 1 aliphatic heterocycles. The van der Waals surface area contributed by atoms with Crippen LogP contribution in [-0.4, -0.2) is 61.1 Å². The van der Waals surface area contributed by atoms with Crippen molar-refractivity contribution in [3.8, 4) is 0 Å². The molecular weight excluding hydrogens is 380 g/mol. The average Bonchev–Trinajstić information content (AvgIpc) is 3.37. The summed E-state index contributed by atoms with van der Waals surface area (Å²) in [5, 5.41) is 12.5. The van der Waals surface area contributed by atoms with Gasteiger partial charge >= 0.3 is 0 Å². The Bertz CT molecular complexity index is 1060. The lowest BCUT2D eigenvalue weighted by molar-refractivity contribution is 0.418. The molecule has 0 saturated carbocycles. The van der Waals surface area contributed by atoms with Crippen LogP contribution in [0.2, 0.25) is 0 Å². The van der Waals surface area contributed by atoms with E-state index in [0.29, 0.717) is 25.6 Å². The van der Waals surface area contributed by atoms with Crippen LogP contribution < -0.4 is 5.32 Å². The number of rotatable bonds is 6. The summed E-state index contributed by atoms with van der Waals surface area (Å²) >= 11 is 0. The van der Waals surface area contributed by atoms with Gasteiger partial charge in [0.1, 0.15) is 0 Å². The van der Waals surface area contributed by atoms with Crippen LogP contribution in [0.3, 0.4) is 0 Å². The van der Waals surface area contributed by atoms with E-state index in [-0.39, 0.29) is 19.1 Å². The first kappa shape index (κ1) is 20.2. The molecule has 4 rings (SSSR count). The Labute approximate surface area is 164 Å². The van der Waals surface area contributed by atoms with E-state index < -0.39 is 10.0 Å². The second kappa shape index (κ2) is 7.84. The van der Waals surface area contributed by atoms with Crippen molar-refractivity contribution >= 4 is 32.7 Å². The van der Waals surface area contributed by atoms with Crippen LogP contribution in [0.4, 0.5) is 11.6 Å². The summed E-state index contributed by atoms with van der Waals surface area (Å²) in [6, 6.07) is 0. The molecule has 1 aliphatic rings. The summed E-state index contributed by atoms with van der Waals surface area (Å²) in [4.78, 5) is 8.89. The van der Waals surface area contributed by atoms with Gasteiger partial charge in [0, 0.05) is 39.1 Å². The second-order valence-corrected chi connectivity index (χ2v) is 9.00. The zero-order chi connectivity index (χ0) is 19.0. The predicted molar refractivity (Wildman–Crippen MR) is 108 cm³/mol. The van der Waals surface area contributed by atoms with Gasteiger partial charge in [-0.25, -0.2) is 22.4 Å². The van der Waals surface area contributed by atoms with Crippen molar-refractivity contribution in [3.05, 3.63) is 24.8 Å². The van der Waals surface area contributed by atoms with E-state index in [1.54, 1.807) is 34.5 Å². The summed E-state index contributed by atoms with van der Waals surface area (Å²) in [5.41, 5.74) is 1.53. The Morgan fingerprint density at radius 2 is 2.07 bits per heavy atom. The van der Waals surface area contributed by atoms with Crippen LogP contribution >= 0.6 is 0 Å². The molecule has 1 N–H and O–H groups in total. The van der Waals surface area contributed by atoms with E-state index in [1.807, 2.05) is 17.9 Å². The molecule has 3 aromatic rings. The lowest BCUT2D eigenvalue weighted by atomic mass is 10.1. The maximum Gasteiger partial charge on any atom is 0.229 e. The van der Waals surface area contributed by atoms with Crippen molar-refractivity contribution in [1.82, 2.24) is 33.8 Å². The standard InChI is InChI=1S/C16H22N8O2S.CH4/c1-3-27(25,26)23-5-4-12(9-23)10-24-15-13(7-19-24)6-17-16(21-15)20-14-8-18-22(2)11-14;/h6-8,11-12H,3-5,9-10H2,1-2H3,(H,17,20,21);1H4. The van der Waals surface area contributed by atoms with Crippen molar-refractivity contribution in [2.45, 2.75) is 27.3 Å². The maximum atomic E-state index is 12.0. The molecule has 152 valence electrons. The third-order valence-corrected chi connectivity index (χ3v) is 6.62. The Hall–Kier alpha value is -2.53. The minimum Gasteiger partial charge on any atom is -0.321 e. The molecule has 0 radical (unpaired) electrons. The summed E-state index contributed by atoms with van der Waals surface area (Å²) in [6.07, 6.45) is 7.83. The molecule has 3 aromatic heterocycles. The van der Waals surface area contributed by atoms with Gasteiger partial charge in [-0.15, -0.1) is 0 Å². The topological polar surface area (TPSA) is 111 Å². The van der Waals surface area contributed by atoms with E-state index in [2.05, 4.69) is 25.5 Å².